The molecule has 1 unspecified atom stereocenters. The standard InChI is InChI=1S/C12H5F19/c1-3(14)5(16,17)7(20,21)9(24,25)11(28,29)12(30,31)10(26,27)8(22,23)6(18,19)4(15)2-13/h2-3H,1H3. The first-order valence-corrected chi connectivity index (χ1v) is 6.80. The lowest BCUT2D eigenvalue weighted by molar-refractivity contribution is -0.453. The molecule has 31 heavy (non-hydrogen) atoms. The predicted molar refractivity (Wildman–Crippen MR) is 60.4 cm³/mol. The molecular formula is C12H5F19. The van der Waals surface area contributed by atoms with Gasteiger partial charge in [0.2, 0.25) is 5.83 Å². The van der Waals surface area contributed by atoms with Crippen LogP contribution in [-0.4, -0.2) is 53.6 Å². The molecule has 0 heterocycles. The van der Waals surface area contributed by atoms with Crippen LogP contribution < -0.4 is 0 Å². The fourth-order valence-electron chi connectivity index (χ4n) is 1.66. The van der Waals surface area contributed by atoms with Gasteiger partial charge in [-0.2, -0.15) is 70.2 Å². The highest BCUT2D eigenvalue weighted by Gasteiger charge is 2.95. The van der Waals surface area contributed by atoms with Crippen molar-refractivity contribution in [2.75, 3.05) is 0 Å². The third kappa shape index (κ3) is 3.48. The molecule has 0 amide bonds. The molecule has 186 valence electrons. The van der Waals surface area contributed by atoms with Crippen molar-refractivity contribution in [2.24, 2.45) is 0 Å². The maximum atomic E-state index is 13.3. The lowest BCUT2D eigenvalue weighted by atomic mass is 9.87. The fraction of sp³-hybridized carbons (Fsp3) is 0.833. The highest BCUT2D eigenvalue weighted by atomic mass is 19.4. The largest absolute Gasteiger partial charge is 0.385 e. The van der Waals surface area contributed by atoms with Crippen LogP contribution >= 0.6 is 0 Å². The van der Waals surface area contributed by atoms with E-state index in [9.17, 15) is 83.4 Å². The fourth-order valence-corrected chi connectivity index (χ4v) is 1.66. The van der Waals surface area contributed by atoms with Crippen LogP contribution in [0.15, 0.2) is 12.2 Å². The molecule has 0 aliphatic heterocycles. The van der Waals surface area contributed by atoms with Crippen LogP contribution in [0, 0.1) is 0 Å². The summed E-state index contributed by atoms with van der Waals surface area (Å²) in [6.45, 7) is -0.713. The topological polar surface area (TPSA) is 0 Å². The van der Waals surface area contributed by atoms with Crippen LogP contribution in [0.2, 0.25) is 0 Å². The van der Waals surface area contributed by atoms with E-state index in [4.69, 9.17) is 0 Å². The van der Waals surface area contributed by atoms with Gasteiger partial charge in [-0.25, -0.2) is 13.2 Å². The first kappa shape index (κ1) is 29.4. The van der Waals surface area contributed by atoms with Gasteiger partial charge < -0.3 is 0 Å². The molecule has 1 atom stereocenters. The van der Waals surface area contributed by atoms with E-state index in [0.29, 0.717) is 0 Å². The van der Waals surface area contributed by atoms with E-state index in [-0.39, 0.29) is 0 Å². The van der Waals surface area contributed by atoms with Crippen molar-refractivity contribution < 1.29 is 83.4 Å². The summed E-state index contributed by atoms with van der Waals surface area (Å²) in [6, 6.07) is 0. The van der Waals surface area contributed by atoms with Gasteiger partial charge in [0.15, 0.2) is 6.17 Å². The first-order chi connectivity index (χ1) is 13.2. The number of rotatable bonds is 9. The summed E-state index contributed by atoms with van der Waals surface area (Å²) in [6.07, 6.45) is -6.82. The van der Waals surface area contributed by atoms with E-state index >= 15 is 0 Å². The normalized spacial score (nSPS) is 17.7. The highest BCUT2D eigenvalue weighted by molar-refractivity contribution is 5.20. The van der Waals surface area contributed by atoms with E-state index in [2.05, 4.69) is 0 Å². The summed E-state index contributed by atoms with van der Waals surface area (Å²) in [5.41, 5.74) is 0. The molecule has 0 N–H and O–H groups in total. The van der Waals surface area contributed by atoms with Crippen LogP contribution in [-0.2, 0) is 0 Å². The van der Waals surface area contributed by atoms with E-state index < -0.39 is 72.6 Å². The number of alkyl halides is 17. The highest BCUT2D eigenvalue weighted by Crippen LogP contribution is 2.64. The average Bonchev–Trinajstić information content (AvgIpc) is 2.59. The Morgan fingerprint density at radius 1 is 0.548 bits per heavy atom. The summed E-state index contributed by atoms with van der Waals surface area (Å²) in [4.78, 5) is 0. The van der Waals surface area contributed by atoms with Gasteiger partial charge in [-0.05, 0) is 6.92 Å². The van der Waals surface area contributed by atoms with Gasteiger partial charge in [0, 0.05) is 0 Å². The van der Waals surface area contributed by atoms with Crippen molar-refractivity contribution in [3.63, 3.8) is 0 Å². The van der Waals surface area contributed by atoms with Gasteiger partial charge in [0.1, 0.15) is 6.33 Å². The van der Waals surface area contributed by atoms with E-state index in [0.717, 1.165) is 0 Å². The summed E-state index contributed by atoms with van der Waals surface area (Å²) < 4.78 is 246. The molecule has 0 radical (unpaired) electrons. The Balaban J connectivity index is 6.91. The second kappa shape index (κ2) is 7.48. The van der Waals surface area contributed by atoms with Crippen LogP contribution in [0.3, 0.4) is 0 Å². The molecule has 0 spiro atoms. The zero-order valence-electron chi connectivity index (χ0n) is 13.8. The zero-order chi connectivity index (χ0) is 25.9. The van der Waals surface area contributed by atoms with Gasteiger partial charge in [-0.15, -0.1) is 0 Å². The molecule has 0 aliphatic carbocycles. The van der Waals surface area contributed by atoms with E-state index in [1.165, 1.54) is 0 Å². The number of allylic oxidation sites excluding steroid dienone is 1. The molecule has 0 aliphatic rings. The van der Waals surface area contributed by atoms with E-state index in [1.807, 2.05) is 0 Å². The third-order valence-corrected chi connectivity index (χ3v) is 3.68. The summed E-state index contributed by atoms with van der Waals surface area (Å²) in [5, 5.41) is 0. The van der Waals surface area contributed by atoms with Gasteiger partial charge >= 0.3 is 47.4 Å². The molecule has 0 aromatic heterocycles. The van der Waals surface area contributed by atoms with Gasteiger partial charge in [-0.3, -0.25) is 0 Å². The first-order valence-electron chi connectivity index (χ1n) is 6.80. The van der Waals surface area contributed by atoms with E-state index in [1.54, 1.807) is 0 Å². The Bertz CT molecular complexity index is 684. The van der Waals surface area contributed by atoms with Crippen molar-refractivity contribution in [2.45, 2.75) is 60.5 Å². The lowest BCUT2D eigenvalue weighted by Gasteiger charge is -2.43. The lowest BCUT2D eigenvalue weighted by Crippen LogP contribution is -2.75. The van der Waals surface area contributed by atoms with Crippen LogP contribution in [0.4, 0.5) is 83.4 Å². The minimum absolute atomic E-state index is 0.713. The molecule has 0 rings (SSSR count). The summed E-state index contributed by atoms with van der Waals surface area (Å²) in [5.74, 6) is -69.8. The van der Waals surface area contributed by atoms with Gasteiger partial charge in [0.05, 0.1) is 0 Å². The van der Waals surface area contributed by atoms with Crippen LogP contribution in [0.25, 0.3) is 0 Å². The second-order valence-electron chi connectivity index (χ2n) is 5.72. The van der Waals surface area contributed by atoms with Crippen molar-refractivity contribution in [3.8, 4) is 0 Å². The van der Waals surface area contributed by atoms with Crippen molar-refractivity contribution >= 4 is 0 Å². The SMILES string of the molecule is CC(F)C(F)(F)C(F)(F)C(F)(F)C(F)(F)C(F)(F)C(F)(F)C(F)(F)C(F)(F)C(F)=CF. The minimum atomic E-state index is -8.79. The smallest absolute Gasteiger partial charge is 0.241 e. The molecule has 0 saturated heterocycles. The Hall–Kier alpha value is -1.59. The Labute approximate surface area is 157 Å². The van der Waals surface area contributed by atoms with Crippen LogP contribution in [0.5, 0.6) is 0 Å². The van der Waals surface area contributed by atoms with Crippen molar-refractivity contribution in [1.82, 2.24) is 0 Å². The number of halogens is 19. The third-order valence-electron chi connectivity index (χ3n) is 3.68. The predicted octanol–water partition coefficient (Wildman–Crippen LogP) is 7.21. The molecule has 19 heteroatoms. The average molecular weight is 510 g/mol. The van der Waals surface area contributed by atoms with Gasteiger partial charge in [-0.1, -0.05) is 0 Å². The number of hydrogen-bond donors (Lipinski definition) is 0. The molecule has 0 fully saturated rings. The maximum Gasteiger partial charge on any atom is 0.385 e. The molecule has 0 aromatic rings. The molecule has 0 saturated carbocycles. The maximum absolute atomic E-state index is 13.3. The number of hydrogen-bond acceptors (Lipinski definition) is 0. The summed E-state index contributed by atoms with van der Waals surface area (Å²) >= 11 is 0. The second-order valence-corrected chi connectivity index (χ2v) is 5.72. The molecule has 0 aromatic carbocycles. The molecular weight excluding hydrogens is 505 g/mol. The Kier molecular flexibility index (Phi) is 7.10. The Morgan fingerprint density at radius 2 is 0.806 bits per heavy atom. The van der Waals surface area contributed by atoms with Gasteiger partial charge in [0.25, 0.3) is 0 Å². The monoisotopic (exact) mass is 510 g/mol. The summed E-state index contributed by atoms with van der Waals surface area (Å²) in [7, 11) is 0. The van der Waals surface area contributed by atoms with Crippen molar-refractivity contribution in [1.29, 1.82) is 0 Å². The minimum Gasteiger partial charge on any atom is -0.241 e. The molecule has 0 nitrogen and oxygen atoms in total. The quantitative estimate of drug-likeness (QED) is 0.288. The van der Waals surface area contributed by atoms with Crippen LogP contribution in [0.1, 0.15) is 6.92 Å². The van der Waals surface area contributed by atoms with Crippen molar-refractivity contribution in [3.05, 3.63) is 12.2 Å². The molecule has 0 bridgehead atoms. The Morgan fingerprint density at radius 3 is 1.06 bits per heavy atom. The zero-order valence-corrected chi connectivity index (χ0v) is 13.8.